The number of nitrogens with one attached hydrogen (secondary N) is 1. The number of hydrogen-bond donors (Lipinski definition) is 2. The zero-order valence-corrected chi connectivity index (χ0v) is 15.1. The van der Waals surface area contributed by atoms with Crippen LogP contribution in [-0.2, 0) is 0 Å². The highest BCUT2D eigenvalue weighted by atomic mass is 127. The minimum Gasteiger partial charge on any atom is -0.475 e. The van der Waals surface area contributed by atoms with E-state index in [2.05, 4.69) is 22.2 Å². The largest absolute Gasteiger partial charge is 0.475 e. The minimum absolute atomic E-state index is 0. The van der Waals surface area contributed by atoms with Gasteiger partial charge in [0.15, 0.2) is 5.96 Å². The molecule has 0 unspecified atom stereocenters. The summed E-state index contributed by atoms with van der Waals surface area (Å²) in [4.78, 5) is 8.14. The first-order valence-corrected chi connectivity index (χ1v) is 6.86. The average molecular weight is 433 g/mol. The molecule has 3 N–H and O–H groups in total. The van der Waals surface area contributed by atoms with Gasteiger partial charge in [0.25, 0.3) is 0 Å². The third kappa shape index (κ3) is 7.96. The van der Waals surface area contributed by atoms with E-state index < -0.39 is 0 Å². The first-order valence-electron chi connectivity index (χ1n) is 6.11. The fraction of sp³-hybridized carbons (Fsp3) is 0.500. The van der Waals surface area contributed by atoms with E-state index in [4.69, 9.17) is 33.7 Å². The summed E-state index contributed by atoms with van der Waals surface area (Å²) in [5, 5.41) is 3.81. The summed E-state index contributed by atoms with van der Waals surface area (Å²) >= 11 is 11.6. The lowest BCUT2D eigenvalue weighted by atomic mass is 10.3. The number of ether oxygens (including phenoxy) is 1. The van der Waals surface area contributed by atoms with Gasteiger partial charge < -0.3 is 15.8 Å². The van der Waals surface area contributed by atoms with E-state index in [0.717, 1.165) is 19.4 Å². The molecule has 8 heteroatoms. The van der Waals surface area contributed by atoms with Gasteiger partial charge in [-0.15, -0.1) is 24.0 Å². The van der Waals surface area contributed by atoms with Crippen molar-refractivity contribution in [2.45, 2.75) is 19.8 Å². The molecular weight excluding hydrogens is 414 g/mol. The van der Waals surface area contributed by atoms with Crippen LogP contribution >= 0.6 is 47.2 Å². The van der Waals surface area contributed by atoms with Crippen LogP contribution in [0, 0.1) is 0 Å². The summed E-state index contributed by atoms with van der Waals surface area (Å²) in [5.41, 5.74) is 5.67. The molecule has 1 aromatic heterocycles. The summed E-state index contributed by atoms with van der Waals surface area (Å²) in [6.07, 6.45) is 3.61. The van der Waals surface area contributed by atoms with Crippen LogP contribution in [-0.4, -0.2) is 30.6 Å². The van der Waals surface area contributed by atoms with Crippen LogP contribution in [0.1, 0.15) is 19.8 Å². The summed E-state index contributed by atoms with van der Waals surface area (Å²) in [6, 6.07) is 1.58. The Kier molecular flexibility index (Phi) is 11.0. The van der Waals surface area contributed by atoms with Crippen molar-refractivity contribution in [1.82, 2.24) is 10.3 Å². The molecule has 0 saturated carbocycles. The Bertz CT molecular complexity index is 432. The molecule has 0 fully saturated rings. The SMILES string of the molecule is CCCCN=C(N)NCCOc1ncc(Cl)cc1Cl.I. The van der Waals surface area contributed by atoms with Crippen LogP contribution in [0.25, 0.3) is 0 Å². The smallest absolute Gasteiger partial charge is 0.232 e. The highest BCUT2D eigenvalue weighted by Crippen LogP contribution is 2.24. The molecule has 5 nitrogen and oxygen atoms in total. The molecule has 1 heterocycles. The fourth-order valence-corrected chi connectivity index (χ4v) is 1.68. The molecular formula is C12H19Cl2IN4O. The number of unbranched alkanes of at least 4 members (excludes halogenated alkanes) is 1. The number of hydrogen-bond acceptors (Lipinski definition) is 3. The lowest BCUT2D eigenvalue weighted by Crippen LogP contribution is -2.34. The molecule has 0 atom stereocenters. The highest BCUT2D eigenvalue weighted by Gasteiger charge is 2.03. The van der Waals surface area contributed by atoms with Gasteiger partial charge in [0.1, 0.15) is 11.6 Å². The van der Waals surface area contributed by atoms with Crippen LogP contribution in [0.15, 0.2) is 17.3 Å². The molecule has 0 spiro atoms. The maximum atomic E-state index is 5.91. The third-order valence-electron chi connectivity index (χ3n) is 2.21. The maximum absolute atomic E-state index is 5.91. The summed E-state index contributed by atoms with van der Waals surface area (Å²) < 4.78 is 5.39. The maximum Gasteiger partial charge on any atom is 0.232 e. The molecule has 0 bridgehead atoms. The topological polar surface area (TPSA) is 72.5 Å². The van der Waals surface area contributed by atoms with Gasteiger partial charge in [-0.25, -0.2) is 4.98 Å². The van der Waals surface area contributed by atoms with Crippen LogP contribution in [0.4, 0.5) is 0 Å². The Balaban J connectivity index is 0.00000361. The zero-order chi connectivity index (χ0) is 14.1. The number of halogens is 3. The van der Waals surface area contributed by atoms with E-state index in [-0.39, 0.29) is 24.0 Å². The van der Waals surface area contributed by atoms with Gasteiger partial charge in [0.2, 0.25) is 5.88 Å². The van der Waals surface area contributed by atoms with Gasteiger partial charge >= 0.3 is 0 Å². The molecule has 0 aliphatic carbocycles. The minimum atomic E-state index is 0. The predicted molar refractivity (Wildman–Crippen MR) is 94.6 cm³/mol. The van der Waals surface area contributed by atoms with E-state index in [0.29, 0.717) is 35.0 Å². The van der Waals surface area contributed by atoms with Crippen molar-refractivity contribution in [1.29, 1.82) is 0 Å². The van der Waals surface area contributed by atoms with E-state index in [1.54, 1.807) is 6.07 Å². The summed E-state index contributed by atoms with van der Waals surface area (Å²) in [6.45, 7) is 3.76. The van der Waals surface area contributed by atoms with Crippen molar-refractivity contribution >= 4 is 53.1 Å². The molecule has 1 aromatic rings. The molecule has 0 amide bonds. The third-order valence-corrected chi connectivity index (χ3v) is 2.69. The number of aliphatic imine (C=N–C) groups is 1. The van der Waals surface area contributed by atoms with Crippen molar-refractivity contribution in [3.63, 3.8) is 0 Å². The van der Waals surface area contributed by atoms with E-state index in [1.165, 1.54) is 6.20 Å². The van der Waals surface area contributed by atoms with Gasteiger partial charge in [0.05, 0.1) is 11.6 Å². The molecule has 1 rings (SSSR count). The second-order valence-electron chi connectivity index (χ2n) is 3.84. The number of aromatic nitrogens is 1. The van der Waals surface area contributed by atoms with Crippen LogP contribution < -0.4 is 15.8 Å². The number of rotatable bonds is 7. The second kappa shape index (κ2) is 11.2. The Labute approximate surface area is 146 Å². The Morgan fingerprint density at radius 1 is 1.50 bits per heavy atom. The van der Waals surface area contributed by atoms with Crippen LogP contribution in [0.3, 0.4) is 0 Å². The molecule has 0 radical (unpaired) electrons. The van der Waals surface area contributed by atoms with Gasteiger partial charge in [-0.1, -0.05) is 36.5 Å². The highest BCUT2D eigenvalue weighted by molar-refractivity contribution is 14.0. The monoisotopic (exact) mass is 432 g/mol. The van der Waals surface area contributed by atoms with E-state index in [9.17, 15) is 0 Å². The first-order chi connectivity index (χ1) is 9.13. The molecule has 114 valence electrons. The first kappa shape index (κ1) is 19.5. The Morgan fingerprint density at radius 3 is 2.90 bits per heavy atom. The molecule has 0 aliphatic rings. The van der Waals surface area contributed by atoms with Gasteiger partial charge in [0, 0.05) is 12.7 Å². The molecule has 0 aromatic carbocycles. The second-order valence-corrected chi connectivity index (χ2v) is 4.68. The van der Waals surface area contributed by atoms with Crippen molar-refractivity contribution in [2.24, 2.45) is 10.7 Å². The molecule has 20 heavy (non-hydrogen) atoms. The number of nitrogens with zero attached hydrogens (tertiary/aromatic N) is 2. The van der Waals surface area contributed by atoms with Gasteiger partial charge in [-0.3, -0.25) is 4.99 Å². The molecule has 0 aliphatic heterocycles. The van der Waals surface area contributed by atoms with Crippen molar-refractivity contribution < 1.29 is 4.74 Å². The number of nitrogens with two attached hydrogens (primary N) is 1. The Hall–Kier alpha value is -0.470. The Morgan fingerprint density at radius 2 is 2.25 bits per heavy atom. The fourth-order valence-electron chi connectivity index (χ4n) is 1.25. The van der Waals surface area contributed by atoms with Crippen LogP contribution in [0.5, 0.6) is 5.88 Å². The standard InChI is InChI=1S/C12H18Cl2N4O.HI/c1-2-3-4-16-12(15)17-5-6-19-11-10(14)7-9(13)8-18-11;/h7-8H,2-6H2,1H3,(H3,15,16,17);1H. The lowest BCUT2D eigenvalue weighted by molar-refractivity contribution is 0.310. The van der Waals surface area contributed by atoms with Crippen molar-refractivity contribution in [3.05, 3.63) is 22.3 Å². The normalized spacial score (nSPS) is 10.8. The quantitative estimate of drug-likeness (QED) is 0.300. The van der Waals surface area contributed by atoms with E-state index >= 15 is 0 Å². The zero-order valence-electron chi connectivity index (χ0n) is 11.2. The molecule has 0 saturated heterocycles. The average Bonchev–Trinajstić information content (AvgIpc) is 2.37. The predicted octanol–water partition coefficient (Wildman–Crippen LogP) is 3.09. The van der Waals surface area contributed by atoms with Crippen molar-refractivity contribution in [2.75, 3.05) is 19.7 Å². The lowest BCUT2D eigenvalue weighted by Gasteiger charge is -2.08. The van der Waals surface area contributed by atoms with Gasteiger partial charge in [-0.05, 0) is 12.5 Å². The number of guanidine groups is 1. The van der Waals surface area contributed by atoms with Crippen LogP contribution in [0.2, 0.25) is 10.0 Å². The van der Waals surface area contributed by atoms with Crippen molar-refractivity contribution in [3.8, 4) is 5.88 Å². The van der Waals surface area contributed by atoms with E-state index in [1.807, 2.05) is 0 Å². The van der Waals surface area contributed by atoms with Gasteiger partial charge in [-0.2, -0.15) is 0 Å². The number of pyridine rings is 1. The summed E-state index contributed by atoms with van der Waals surface area (Å²) in [5.74, 6) is 0.779. The summed E-state index contributed by atoms with van der Waals surface area (Å²) in [7, 11) is 0.